The number of hydrogen-bond donors (Lipinski definition) is 0. The van der Waals surface area contributed by atoms with Crippen molar-refractivity contribution in [3.05, 3.63) is 35.9 Å². The molecule has 0 spiro atoms. The van der Waals surface area contributed by atoms with Crippen LogP contribution in [0, 0.1) is 0 Å². The summed E-state index contributed by atoms with van der Waals surface area (Å²) in [5, 5.41) is 0.701. The minimum absolute atomic E-state index is 0.132. The van der Waals surface area contributed by atoms with Gasteiger partial charge in [0.25, 0.3) is 5.19 Å². The molecule has 8 heteroatoms. The molecule has 1 aromatic carbocycles. The number of rotatable bonds is 6. The topological polar surface area (TPSA) is 70.5 Å². The van der Waals surface area contributed by atoms with Crippen molar-refractivity contribution in [2.75, 3.05) is 13.2 Å². The summed E-state index contributed by atoms with van der Waals surface area (Å²) in [6, 6.07) is 9.62. The van der Waals surface area contributed by atoms with Crippen LogP contribution in [0.15, 0.2) is 35.5 Å². The van der Waals surface area contributed by atoms with Crippen LogP contribution in [0.3, 0.4) is 0 Å². The SMILES string of the molecule is CC1(C)OCC(COc2nc(S(=O)Cc3ccccc3)ns2)O1. The van der Waals surface area contributed by atoms with Gasteiger partial charge in [-0.3, -0.25) is 4.21 Å². The lowest BCUT2D eigenvalue weighted by atomic mass is 10.2. The lowest BCUT2D eigenvalue weighted by Crippen LogP contribution is -2.25. The van der Waals surface area contributed by atoms with Gasteiger partial charge in [0.15, 0.2) is 5.79 Å². The fourth-order valence-electron chi connectivity index (χ4n) is 2.15. The maximum absolute atomic E-state index is 12.3. The fourth-order valence-corrected chi connectivity index (χ4v) is 3.90. The van der Waals surface area contributed by atoms with Gasteiger partial charge in [-0.1, -0.05) is 30.3 Å². The largest absolute Gasteiger partial charge is 0.466 e. The zero-order valence-electron chi connectivity index (χ0n) is 12.9. The second kappa shape index (κ2) is 7.04. The maximum atomic E-state index is 12.3. The highest BCUT2D eigenvalue weighted by Crippen LogP contribution is 2.24. The molecule has 23 heavy (non-hydrogen) atoms. The number of benzene rings is 1. The Bertz CT molecular complexity index is 675. The maximum Gasteiger partial charge on any atom is 0.294 e. The lowest BCUT2D eigenvalue weighted by Gasteiger charge is -2.16. The molecule has 6 nitrogen and oxygen atoms in total. The number of nitrogens with zero attached hydrogens (tertiary/aromatic N) is 2. The standard InChI is InChI=1S/C15H18N2O4S2/c1-15(2)20-9-12(21-15)8-19-14-16-13(17-22-14)23(18)10-11-6-4-3-5-7-11/h3-7,12H,8-10H2,1-2H3. The van der Waals surface area contributed by atoms with Gasteiger partial charge in [0, 0.05) is 11.5 Å². The van der Waals surface area contributed by atoms with Crippen LogP contribution in [0.5, 0.6) is 5.19 Å². The highest BCUT2D eigenvalue weighted by Gasteiger charge is 2.33. The van der Waals surface area contributed by atoms with E-state index in [1.165, 1.54) is 0 Å². The third kappa shape index (κ3) is 4.57. The first kappa shape index (κ1) is 16.5. The first-order valence-corrected chi connectivity index (χ1v) is 9.32. The van der Waals surface area contributed by atoms with Crippen molar-refractivity contribution in [1.82, 2.24) is 9.36 Å². The quantitative estimate of drug-likeness (QED) is 0.793. The Morgan fingerprint density at radius 3 is 2.87 bits per heavy atom. The van der Waals surface area contributed by atoms with Crippen molar-refractivity contribution >= 4 is 22.3 Å². The molecule has 1 aliphatic rings. The van der Waals surface area contributed by atoms with E-state index in [-0.39, 0.29) is 6.10 Å². The third-order valence-electron chi connectivity index (χ3n) is 3.19. The Balaban J connectivity index is 1.53. The van der Waals surface area contributed by atoms with Gasteiger partial charge in [-0.15, -0.1) is 0 Å². The molecule has 0 N–H and O–H groups in total. The van der Waals surface area contributed by atoms with Crippen LogP contribution in [-0.4, -0.2) is 38.7 Å². The van der Waals surface area contributed by atoms with E-state index >= 15 is 0 Å². The summed E-state index contributed by atoms with van der Waals surface area (Å²) < 4.78 is 33.1. The first-order chi connectivity index (χ1) is 11.0. The van der Waals surface area contributed by atoms with Gasteiger partial charge in [0.05, 0.1) is 23.2 Å². The highest BCUT2D eigenvalue weighted by molar-refractivity contribution is 7.84. The van der Waals surface area contributed by atoms with Crippen molar-refractivity contribution in [3.63, 3.8) is 0 Å². The molecule has 2 atom stereocenters. The zero-order chi connectivity index (χ0) is 16.3. The molecule has 1 fully saturated rings. The van der Waals surface area contributed by atoms with Gasteiger partial charge in [-0.05, 0) is 19.4 Å². The second-order valence-corrected chi connectivity index (χ2v) is 7.64. The van der Waals surface area contributed by atoms with E-state index in [4.69, 9.17) is 14.2 Å². The molecular formula is C15H18N2O4S2. The van der Waals surface area contributed by atoms with E-state index in [2.05, 4.69) is 9.36 Å². The van der Waals surface area contributed by atoms with E-state index in [0.29, 0.717) is 29.3 Å². The van der Waals surface area contributed by atoms with Gasteiger partial charge in [-0.25, -0.2) is 0 Å². The Morgan fingerprint density at radius 1 is 1.39 bits per heavy atom. The van der Waals surface area contributed by atoms with Crippen LogP contribution in [0.25, 0.3) is 0 Å². The molecule has 3 rings (SSSR count). The fraction of sp³-hybridized carbons (Fsp3) is 0.467. The summed E-state index contributed by atoms with van der Waals surface area (Å²) in [4.78, 5) is 4.19. The van der Waals surface area contributed by atoms with E-state index in [1.807, 2.05) is 44.2 Å². The molecule has 0 bridgehead atoms. The lowest BCUT2D eigenvalue weighted by molar-refractivity contribution is -0.141. The van der Waals surface area contributed by atoms with Crippen LogP contribution in [0.4, 0.5) is 0 Å². The van der Waals surface area contributed by atoms with Crippen molar-refractivity contribution < 1.29 is 18.4 Å². The summed E-state index contributed by atoms with van der Waals surface area (Å²) in [7, 11) is -1.28. The monoisotopic (exact) mass is 354 g/mol. The molecular weight excluding hydrogens is 336 g/mol. The summed E-state index contributed by atoms with van der Waals surface area (Å²) >= 11 is 1.10. The predicted octanol–water partition coefficient (Wildman–Crippen LogP) is 2.38. The van der Waals surface area contributed by atoms with Crippen LogP contribution in [0.1, 0.15) is 19.4 Å². The van der Waals surface area contributed by atoms with Gasteiger partial charge in [0.2, 0.25) is 5.16 Å². The molecule has 0 saturated carbocycles. The molecule has 0 radical (unpaired) electrons. The summed E-state index contributed by atoms with van der Waals surface area (Å²) in [5.74, 6) is -0.178. The summed E-state index contributed by atoms with van der Waals surface area (Å²) in [5.41, 5.74) is 0.988. The van der Waals surface area contributed by atoms with Crippen LogP contribution < -0.4 is 4.74 Å². The summed E-state index contributed by atoms with van der Waals surface area (Å²) in [6.07, 6.45) is -0.132. The number of aromatic nitrogens is 2. The normalized spacial score (nSPS) is 21.2. The Morgan fingerprint density at radius 2 is 2.17 bits per heavy atom. The van der Waals surface area contributed by atoms with Crippen molar-refractivity contribution in [3.8, 4) is 5.19 Å². The summed E-state index contributed by atoms with van der Waals surface area (Å²) in [6.45, 7) is 4.55. The number of hydrogen-bond acceptors (Lipinski definition) is 7. The van der Waals surface area contributed by atoms with E-state index in [1.54, 1.807) is 0 Å². The molecule has 2 heterocycles. The van der Waals surface area contributed by atoms with Crippen LogP contribution in [-0.2, 0) is 26.0 Å². The van der Waals surface area contributed by atoms with E-state index in [0.717, 1.165) is 17.1 Å². The molecule has 1 aromatic heterocycles. The van der Waals surface area contributed by atoms with Crippen LogP contribution >= 0.6 is 11.5 Å². The first-order valence-electron chi connectivity index (χ1n) is 7.22. The van der Waals surface area contributed by atoms with E-state index in [9.17, 15) is 4.21 Å². The number of ether oxygens (including phenoxy) is 3. The molecule has 124 valence electrons. The molecule has 0 amide bonds. The third-order valence-corrected chi connectivity index (χ3v) is 5.12. The van der Waals surface area contributed by atoms with Gasteiger partial charge in [0.1, 0.15) is 12.7 Å². The molecule has 1 aliphatic heterocycles. The molecule has 2 unspecified atom stereocenters. The van der Waals surface area contributed by atoms with Crippen molar-refractivity contribution in [1.29, 1.82) is 0 Å². The van der Waals surface area contributed by atoms with Gasteiger partial charge in [-0.2, -0.15) is 9.36 Å². The highest BCUT2D eigenvalue weighted by atomic mass is 32.2. The van der Waals surface area contributed by atoms with Gasteiger partial charge < -0.3 is 14.2 Å². The molecule has 2 aromatic rings. The molecule has 0 aliphatic carbocycles. The Hall–Kier alpha value is -1.35. The average Bonchev–Trinajstić information content (AvgIpc) is 3.12. The minimum Gasteiger partial charge on any atom is -0.466 e. The second-order valence-electron chi connectivity index (χ2n) is 5.58. The smallest absolute Gasteiger partial charge is 0.294 e. The Kier molecular flexibility index (Phi) is 5.05. The van der Waals surface area contributed by atoms with Crippen molar-refractivity contribution in [2.24, 2.45) is 0 Å². The minimum atomic E-state index is -1.28. The average molecular weight is 354 g/mol. The van der Waals surface area contributed by atoms with Crippen LogP contribution in [0.2, 0.25) is 0 Å². The van der Waals surface area contributed by atoms with Gasteiger partial charge >= 0.3 is 0 Å². The Labute approximate surface area is 141 Å². The van der Waals surface area contributed by atoms with Crippen molar-refractivity contribution in [2.45, 2.75) is 36.6 Å². The predicted molar refractivity (Wildman–Crippen MR) is 86.9 cm³/mol. The molecule has 1 saturated heterocycles. The van der Waals surface area contributed by atoms with E-state index < -0.39 is 16.6 Å². The zero-order valence-corrected chi connectivity index (χ0v) is 14.6.